The fraction of sp³-hybridized carbons (Fsp3) is 0.267. The van der Waals surface area contributed by atoms with Crippen molar-refractivity contribution in [3.05, 3.63) is 89.5 Å². The number of ketones is 1. The third kappa shape index (κ3) is 5.77. The molecule has 1 saturated heterocycles. The van der Waals surface area contributed by atoms with Crippen LogP contribution < -0.4 is 20.1 Å². The van der Waals surface area contributed by atoms with Gasteiger partial charge < -0.3 is 20.1 Å². The number of imide groups is 1. The number of anilines is 1. The standard InChI is InChI=1S/C30H31N3O6/c1-4-16-30(22-8-6-5-7-9-22)28(36)33(29(37)32-30)19-24(34)21-11-13-23(14-12-21)31-27(35)18-20-10-15-25(38-2)26(17-20)39-3/h5-15,17H,4,16,18-19H2,1-3H3,(H,31,35)(H,32,37). The molecule has 1 aliphatic heterocycles. The summed E-state index contributed by atoms with van der Waals surface area (Å²) >= 11 is 0. The van der Waals surface area contributed by atoms with E-state index in [1.807, 2.05) is 25.1 Å². The quantitative estimate of drug-likeness (QED) is 0.283. The molecule has 2 N–H and O–H groups in total. The van der Waals surface area contributed by atoms with E-state index >= 15 is 0 Å². The number of carbonyl (C=O) groups excluding carboxylic acids is 4. The van der Waals surface area contributed by atoms with Gasteiger partial charge in [-0.3, -0.25) is 19.3 Å². The lowest BCUT2D eigenvalue weighted by atomic mass is 9.85. The Bertz CT molecular complexity index is 1370. The first-order valence-corrected chi connectivity index (χ1v) is 12.6. The van der Waals surface area contributed by atoms with Crippen LogP contribution in [0, 0.1) is 0 Å². The summed E-state index contributed by atoms with van der Waals surface area (Å²) in [4.78, 5) is 52.7. The Morgan fingerprint density at radius 3 is 2.26 bits per heavy atom. The van der Waals surface area contributed by atoms with Gasteiger partial charge in [0.05, 0.1) is 27.2 Å². The van der Waals surface area contributed by atoms with Crippen LogP contribution in [0.15, 0.2) is 72.8 Å². The summed E-state index contributed by atoms with van der Waals surface area (Å²) in [5, 5.41) is 5.63. The molecule has 4 amide bonds. The maximum atomic E-state index is 13.4. The van der Waals surface area contributed by atoms with Crippen LogP contribution in [-0.4, -0.2) is 49.3 Å². The number of rotatable bonds is 11. The van der Waals surface area contributed by atoms with Crippen LogP contribution >= 0.6 is 0 Å². The number of carbonyl (C=O) groups is 4. The van der Waals surface area contributed by atoms with Crippen molar-refractivity contribution in [3.8, 4) is 11.5 Å². The lowest BCUT2D eigenvalue weighted by Crippen LogP contribution is -2.44. The molecular weight excluding hydrogens is 498 g/mol. The molecule has 1 unspecified atom stereocenters. The highest BCUT2D eigenvalue weighted by Gasteiger charge is 2.52. The predicted molar refractivity (Wildman–Crippen MR) is 146 cm³/mol. The van der Waals surface area contributed by atoms with Crippen molar-refractivity contribution in [2.75, 3.05) is 26.1 Å². The van der Waals surface area contributed by atoms with Crippen LogP contribution in [0.5, 0.6) is 11.5 Å². The Balaban J connectivity index is 1.40. The Kier molecular flexibility index (Phi) is 8.29. The zero-order valence-corrected chi connectivity index (χ0v) is 22.2. The molecule has 3 aromatic carbocycles. The first-order chi connectivity index (χ1) is 18.8. The number of Topliss-reactive ketones (excluding diaryl/α,β-unsaturated/α-hetero) is 1. The van der Waals surface area contributed by atoms with Gasteiger partial charge in [0.2, 0.25) is 5.91 Å². The molecule has 0 spiro atoms. The molecule has 4 rings (SSSR count). The van der Waals surface area contributed by atoms with Crippen molar-refractivity contribution >= 4 is 29.3 Å². The second-order valence-electron chi connectivity index (χ2n) is 9.26. The summed E-state index contributed by atoms with van der Waals surface area (Å²) in [7, 11) is 3.07. The summed E-state index contributed by atoms with van der Waals surface area (Å²) in [6.07, 6.45) is 1.21. The average Bonchev–Trinajstić information content (AvgIpc) is 3.18. The van der Waals surface area contributed by atoms with Crippen molar-refractivity contribution in [2.24, 2.45) is 0 Å². The molecule has 0 saturated carbocycles. The molecule has 202 valence electrons. The zero-order chi connectivity index (χ0) is 28.0. The molecule has 9 heteroatoms. The van der Waals surface area contributed by atoms with Crippen LogP contribution in [-0.2, 0) is 21.5 Å². The van der Waals surface area contributed by atoms with Gasteiger partial charge in [0, 0.05) is 11.3 Å². The van der Waals surface area contributed by atoms with Crippen LogP contribution in [0.2, 0.25) is 0 Å². The van der Waals surface area contributed by atoms with Gasteiger partial charge in [-0.25, -0.2) is 4.79 Å². The molecule has 3 aromatic rings. The largest absolute Gasteiger partial charge is 0.493 e. The molecule has 9 nitrogen and oxygen atoms in total. The van der Waals surface area contributed by atoms with Gasteiger partial charge in [-0.15, -0.1) is 0 Å². The molecule has 0 aliphatic carbocycles. The molecular formula is C30H31N3O6. The number of urea groups is 1. The third-order valence-corrected chi connectivity index (χ3v) is 6.67. The van der Waals surface area contributed by atoms with Gasteiger partial charge >= 0.3 is 6.03 Å². The maximum Gasteiger partial charge on any atom is 0.325 e. The highest BCUT2D eigenvalue weighted by atomic mass is 16.5. The maximum absolute atomic E-state index is 13.4. The second kappa shape index (κ2) is 11.8. The Hall–Kier alpha value is -4.66. The van der Waals surface area contributed by atoms with E-state index < -0.39 is 17.5 Å². The smallest absolute Gasteiger partial charge is 0.325 e. The summed E-state index contributed by atoms with van der Waals surface area (Å²) in [6.45, 7) is 1.56. The number of nitrogens with zero attached hydrogens (tertiary/aromatic N) is 1. The van der Waals surface area contributed by atoms with Crippen molar-refractivity contribution < 1.29 is 28.7 Å². The van der Waals surface area contributed by atoms with Crippen molar-refractivity contribution in [1.29, 1.82) is 0 Å². The highest BCUT2D eigenvalue weighted by Crippen LogP contribution is 2.34. The summed E-state index contributed by atoms with van der Waals surface area (Å²) < 4.78 is 10.5. The van der Waals surface area contributed by atoms with E-state index in [1.165, 1.54) is 7.11 Å². The van der Waals surface area contributed by atoms with Crippen LogP contribution in [0.3, 0.4) is 0 Å². The molecule has 1 atom stereocenters. The summed E-state index contributed by atoms with van der Waals surface area (Å²) in [5.41, 5.74) is 1.09. The fourth-order valence-electron chi connectivity index (χ4n) is 4.73. The topological polar surface area (TPSA) is 114 Å². The van der Waals surface area contributed by atoms with E-state index in [4.69, 9.17) is 9.47 Å². The van der Waals surface area contributed by atoms with Gasteiger partial charge in [0.25, 0.3) is 5.91 Å². The van der Waals surface area contributed by atoms with Crippen molar-refractivity contribution in [3.63, 3.8) is 0 Å². The fourth-order valence-corrected chi connectivity index (χ4v) is 4.73. The number of ether oxygens (including phenoxy) is 2. The average molecular weight is 530 g/mol. The SMILES string of the molecule is CCCC1(c2ccccc2)NC(=O)N(CC(=O)c2ccc(NC(=O)Cc3ccc(OC)c(OC)c3)cc2)C1=O. The first kappa shape index (κ1) is 27.4. The lowest BCUT2D eigenvalue weighted by Gasteiger charge is -2.26. The Morgan fingerprint density at radius 1 is 0.923 bits per heavy atom. The van der Waals surface area contributed by atoms with E-state index in [-0.39, 0.29) is 24.7 Å². The van der Waals surface area contributed by atoms with Crippen LogP contribution in [0.1, 0.15) is 41.3 Å². The number of hydrogen-bond acceptors (Lipinski definition) is 6. The molecule has 0 bridgehead atoms. The van der Waals surface area contributed by atoms with E-state index in [1.54, 1.807) is 61.7 Å². The molecule has 1 aliphatic rings. The molecule has 0 radical (unpaired) electrons. The lowest BCUT2D eigenvalue weighted by molar-refractivity contribution is -0.131. The van der Waals surface area contributed by atoms with E-state index in [0.717, 1.165) is 10.5 Å². The van der Waals surface area contributed by atoms with E-state index in [0.29, 0.717) is 41.2 Å². The van der Waals surface area contributed by atoms with Gasteiger partial charge in [0.15, 0.2) is 17.3 Å². The number of nitrogens with one attached hydrogen (secondary N) is 2. The minimum absolute atomic E-state index is 0.119. The highest BCUT2D eigenvalue weighted by molar-refractivity contribution is 6.11. The summed E-state index contributed by atoms with van der Waals surface area (Å²) in [5.74, 6) is 0.0431. The van der Waals surface area contributed by atoms with Crippen molar-refractivity contribution in [2.45, 2.75) is 31.7 Å². The number of amides is 4. The molecule has 0 aromatic heterocycles. The number of methoxy groups -OCH3 is 2. The minimum Gasteiger partial charge on any atom is -0.493 e. The monoisotopic (exact) mass is 529 g/mol. The van der Waals surface area contributed by atoms with Gasteiger partial charge in [-0.2, -0.15) is 0 Å². The minimum atomic E-state index is -1.19. The van der Waals surface area contributed by atoms with Gasteiger partial charge in [-0.05, 0) is 53.9 Å². The van der Waals surface area contributed by atoms with E-state index in [2.05, 4.69) is 10.6 Å². The molecule has 1 fully saturated rings. The summed E-state index contributed by atoms with van der Waals surface area (Å²) in [6, 6.07) is 20.1. The van der Waals surface area contributed by atoms with Gasteiger partial charge in [0.1, 0.15) is 5.54 Å². The Labute approximate surface area is 227 Å². The second-order valence-corrected chi connectivity index (χ2v) is 9.26. The zero-order valence-electron chi connectivity index (χ0n) is 22.2. The first-order valence-electron chi connectivity index (χ1n) is 12.6. The van der Waals surface area contributed by atoms with Crippen molar-refractivity contribution in [1.82, 2.24) is 10.2 Å². The van der Waals surface area contributed by atoms with E-state index in [9.17, 15) is 19.2 Å². The van der Waals surface area contributed by atoms with Crippen LogP contribution in [0.25, 0.3) is 0 Å². The third-order valence-electron chi connectivity index (χ3n) is 6.67. The van der Waals surface area contributed by atoms with Crippen LogP contribution in [0.4, 0.5) is 10.5 Å². The molecule has 39 heavy (non-hydrogen) atoms. The Morgan fingerprint density at radius 2 is 1.62 bits per heavy atom. The normalized spacial score (nSPS) is 16.5. The van der Waals surface area contributed by atoms with Gasteiger partial charge in [-0.1, -0.05) is 49.7 Å². The number of hydrogen-bond donors (Lipinski definition) is 2. The predicted octanol–water partition coefficient (Wildman–Crippen LogP) is 4.32. The number of benzene rings is 3. The molecule has 1 heterocycles.